The van der Waals surface area contributed by atoms with Crippen molar-refractivity contribution in [3.8, 4) is 0 Å². The summed E-state index contributed by atoms with van der Waals surface area (Å²) in [5.41, 5.74) is 1.57. The van der Waals surface area contributed by atoms with Crippen LogP contribution < -0.4 is 0 Å². The number of hydrogen-bond acceptors (Lipinski definition) is 0. The molecule has 0 amide bonds. The molecule has 86 valence electrons. The summed E-state index contributed by atoms with van der Waals surface area (Å²) < 4.78 is 0. The monoisotopic (exact) mass is 206 g/mol. The predicted molar refractivity (Wildman–Crippen MR) is 69.0 cm³/mol. The molecule has 0 spiro atoms. The van der Waals surface area contributed by atoms with Crippen molar-refractivity contribution < 1.29 is 0 Å². The lowest BCUT2D eigenvalue weighted by molar-refractivity contribution is 0.605. The quantitative estimate of drug-likeness (QED) is 0.498. The molecular weight excluding hydrogens is 180 g/mol. The van der Waals surface area contributed by atoms with Crippen LogP contribution >= 0.6 is 0 Å². The van der Waals surface area contributed by atoms with Crippen LogP contribution in [-0.2, 0) is 0 Å². The van der Waals surface area contributed by atoms with Gasteiger partial charge < -0.3 is 0 Å². The average Bonchev–Trinajstić information content (AvgIpc) is 2.23. The minimum absolute atomic E-state index is 0.769. The molecule has 15 heavy (non-hydrogen) atoms. The van der Waals surface area contributed by atoms with Crippen molar-refractivity contribution in [3.63, 3.8) is 0 Å². The van der Waals surface area contributed by atoms with Crippen molar-refractivity contribution in [2.24, 2.45) is 5.92 Å². The molecular formula is C15H26. The fourth-order valence-electron chi connectivity index (χ4n) is 2.20. The van der Waals surface area contributed by atoms with Gasteiger partial charge in [0, 0.05) is 0 Å². The lowest BCUT2D eigenvalue weighted by atomic mass is 9.94. The SMILES string of the molecule is CCCCCCCCC1=CC(C)CC=C1. The molecule has 0 aromatic carbocycles. The maximum Gasteiger partial charge on any atom is -0.0221 e. The summed E-state index contributed by atoms with van der Waals surface area (Å²) in [7, 11) is 0. The summed E-state index contributed by atoms with van der Waals surface area (Å²) in [6.45, 7) is 4.59. The van der Waals surface area contributed by atoms with Gasteiger partial charge in [0.25, 0.3) is 0 Å². The first-order valence-corrected chi connectivity index (χ1v) is 6.70. The Morgan fingerprint density at radius 3 is 2.60 bits per heavy atom. The summed E-state index contributed by atoms with van der Waals surface area (Å²) in [6.07, 6.45) is 18.1. The highest BCUT2D eigenvalue weighted by molar-refractivity contribution is 5.23. The highest BCUT2D eigenvalue weighted by Crippen LogP contribution is 2.20. The number of allylic oxidation sites excluding steroid dienone is 4. The van der Waals surface area contributed by atoms with E-state index in [0.29, 0.717) is 0 Å². The van der Waals surface area contributed by atoms with Gasteiger partial charge in [-0.3, -0.25) is 0 Å². The van der Waals surface area contributed by atoms with E-state index in [-0.39, 0.29) is 0 Å². The second-order valence-corrected chi connectivity index (χ2v) is 4.87. The molecule has 0 nitrogen and oxygen atoms in total. The van der Waals surface area contributed by atoms with Crippen molar-refractivity contribution >= 4 is 0 Å². The van der Waals surface area contributed by atoms with E-state index >= 15 is 0 Å². The van der Waals surface area contributed by atoms with E-state index in [1.807, 2.05) is 0 Å². The van der Waals surface area contributed by atoms with Gasteiger partial charge in [-0.15, -0.1) is 0 Å². The molecule has 1 atom stereocenters. The lowest BCUT2D eigenvalue weighted by Crippen LogP contribution is -1.95. The molecule has 0 saturated heterocycles. The van der Waals surface area contributed by atoms with Crippen molar-refractivity contribution in [1.29, 1.82) is 0 Å². The molecule has 0 heterocycles. The van der Waals surface area contributed by atoms with E-state index < -0.39 is 0 Å². The topological polar surface area (TPSA) is 0 Å². The first-order chi connectivity index (χ1) is 7.33. The predicted octanol–water partition coefficient (Wildman–Crippen LogP) is 5.26. The van der Waals surface area contributed by atoms with Crippen LogP contribution in [0, 0.1) is 5.92 Å². The van der Waals surface area contributed by atoms with Crippen LogP contribution in [0.25, 0.3) is 0 Å². The molecule has 0 bridgehead atoms. The lowest BCUT2D eigenvalue weighted by Gasteiger charge is -2.11. The summed E-state index contributed by atoms with van der Waals surface area (Å²) >= 11 is 0. The minimum Gasteiger partial charge on any atom is -0.0837 e. The van der Waals surface area contributed by atoms with E-state index in [1.54, 1.807) is 5.57 Å². The van der Waals surface area contributed by atoms with Crippen LogP contribution in [0.2, 0.25) is 0 Å². The Bertz CT molecular complexity index is 210. The van der Waals surface area contributed by atoms with Gasteiger partial charge in [-0.25, -0.2) is 0 Å². The van der Waals surface area contributed by atoms with Gasteiger partial charge in [0.1, 0.15) is 0 Å². The summed E-state index contributed by atoms with van der Waals surface area (Å²) in [4.78, 5) is 0. The molecule has 0 aliphatic heterocycles. The average molecular weight is 206 g/mol. The minimum atomic E-state index is 0.769. The van der Waals surface area contributed by atoms with Gasteiger partial charge in [0.15, 0.2) is 0 Å². The highest BCUT2D eigenvalue weighted by atomic mass is 14.1. The van der Waals surface area contributed by atoms with Crippen molar-refractivity contribution in [3.05, 3.63) is 23.8 Å². The van der Waals surface area contributed by atoms with E-state index in [0.717, 1.165) is 5.92 Å². The van der Waals surface area contributed by atoms with Crippen molar-refractivity contribution in [1.82, 2.24) is 0 Å². The number of unbranched alkanes of at least 4 members (excludes halogenated alkanes) is 5. The molecule has 1 unspecified atom stereocenters. The molecule has 1 aliphatic carbocycles. The zero-order valence-corrected chi connectivity index (χ0v) is 10.5. The standard InChI is InChI=1S/C15H26/c1-3-4-5-6-7-8-11-15-12-9-10-14(2)13-15/h9,12-14H,3-8,10-11H2,1-2H3. The maximum absolute atomic E-state index is 2.45. The third-order valence-corrected chi connectivity index (χ3v) is 3.16. The molecule has 1 aliphatic rings. The Morgan fingerprint density at radius 2 is 1.87 bits per heavy atom. The second-order valence-electron chi connectivity index (χ2n) is 4.87. The molecule has 0 radical (unpaired) electrons. The second kappa shape index (κ2) is 7.73. The number of rotatable bonds is 7. The van der Waals surface area contributed by atoms with E-state index in [4.69, 9.17) is 0 Å². The molecule has 1 rings (SSSR count). The van der Waals surface area contributed by atoms with E-state index in [9.17, 15) is 0 Å². The van der Waals surface area contributed by atoms with E-state index in [2.05, 4.69) is 32.1 Å². The van der Waals surface area contributed by atoms with Crippen LogP contribution in [0.15, 0.2) is 23.8 Å². The molecule has 0 aromatic rings. The summed E-state index contributed by atoms with van der Waals surface area (Å²) in [6, 6.07) is 0. The summed E-state index contributed by atoms with van der Waals surface area (Å²) in [5.74, 6) is 0.769. The third kappa shape index (κ3) is 5.81. The summed E-state index contributed by atoms with van der Waals surface area (Å²) in [5, 5.41) is 0. The number of hydrogen-bond donors (Lipinski definition) is 0. The van der Waals surface area contributed by atoms with Gasteiger partial charge in [-0.1, -0.05) is 69.8 Å². The Morgan fingerprint density at radius 1 is 1.13 bits per heavy atom. The molecule has 0 aromatic heterocycles. The van der Waals surface area contributed by atoms with Gasteiger partial charge in [-0.2, -0.15) is 0 Å². The molecule has 0 fully saturated rings. The largest absolute Gasteiger partial charge is 0.0837 e. The van der Waals surface area contributed by atoms with Gasteiger partial charge in [0.2, 0.25) is 0 Å². The van der Waals surface area contributed by atoms with Gasteiger partial charge in [0.05, 0.1) is 0 Å². The van der Waals surface area contributed by atoms with Crippen LogP contribution in [0.3, 0.4) is 0 Å². The van der Waals surface area contributed by atoms with Crippen LogP contribution in [0.5, 0.6) is 0 Å². The third-order valence-electron chi connectivity index (χ3n) is 3.16. The first kappa shape index (κ1) is 12.5. The van der Waals surface area contributed by atoms with Crippen LogP contribution in [0.4, 0.5) is 0 Å². The molecule has 0 saturated carbocycles. The zero-order valence-electron chi connectivity index (χ0n) is 10.5. The van der Waals surface area contributed by atoms with Crippen LogP contribution in [-0.4, -0.2) is 0 Å². The van der Waals surface area contributed by atoms with Crippen molar-refractivity contribution in [2.75, 3.05) is 0 Å². The Hall–Kier alpha value is -0.520. The Kier molecular flexibility index (Phi) is 6.47. The Balaban J connectivity index is 2.02. The molecule has 0 heteroatoms. The normalized spacial score (nSPS) is 20.4. The smallest absolute Gasteiger partial charge is 0.0221 e. The highest BCUT2D eigenvalue weighted by Gasteiger charge is 2.03. The van der Waals surface area contributed by atoms with Gasteiger partial charge >= 0.3 is 0 Å². The first-order valence-electron chi connectivity index (χ1n) is 6.70. The molecule has 0 N–H and O–H groups in total. The van der Waals surface area contributed by atoms with Gasteiger partial charge in [-0.05, 0) is 25.2 Å². The van der Waals surface area contributed by atoms with E-state index in [1.165, 1.54) is 51.4 Å². The van der Waals surface area contributed by atoms with Crippen molar-refractivity contribution in [2.45, 2.75) is 65.2 Å². The fourth-order valence-corrected chi connectivity index (χ4v) is 2.20. The zero-order chi connectivity index (χ0) is 10.9. The van der Waals surface area contributed by atoms with Crippen LogP contribution in [0.1, 0.15) is 65.2 Å². The fraction of sp³-hybridized carbons (Fsp3) is 0.733. The maximum atomic E-state index is 2.45. The Labute approximate surface area is 95.5 Å².